The molecule has 0 aliphatic carbocycles. The predicted octanol–water partition coefficient (Wildman–Crippen LogP) is 5.26. The highest BCUT2D eigenvalue weighted by Crippen LogP contribution is 2.38. The van der Waals surface area contributed by atoms with Gasteiger partial charge in [0.25, 0.3) is 21.3 Å². The fourth-order valence-electron chi connectivity index (χ4n) is 4.03. The Balaban J connectivity index is 3.17. The first-order chi connectivity index (χ1) is 15.2. The Bertz CT molecular complexity index is 908. The number of benzene rings is 1. The second-order valence-corrected chi connectivity index (χ2v) is 12.5. The van der Waals surface area contributed by atoms with Crippen molar-refractivity contribution in [3.63, 3.8) is 0 Å². The van der Waals surface area contributed by atoms with Crippen LogP contribution in [-0.2, 0) is 26.7 Å². The van der Waals surface area contributed by atoms with E-state index in [-0.39, 0.29) is 21.5 Å². The number of rotatable bonds is 13. The zero-order valence-corrected chi connectivity index (χ0v) is 22.3. The van der Waals surface area contributed by atoms with Gasteiger partial charge >= 0.3 is 6.03 Å². The lowest BCUT2D eigenvalue weighted by molar-refractivity contribution is 0.250. The number of urea groups is 1. The monoisotopic (exact) mass is 504 g/mol. The van der Waals surface area contributed by atoms with E-state index in [0.29, 0.717) is 6.61 Å². The molecule has 0 radical (unpaired) electrons. The van der Waals surface area contributed by atoms with Crippen LogP contribution in [-0.4, -0.2) is 29.8 Å². The van der Waals surface area contributed by atoms with Crippen molar-refractivity contribution in [3.8, 4) is 5.75 Å². The molecule has 8 nitrogen and oxygen atoms in total. The molecule has 0 aliphatic heterocycles. The number of sulfonamides is 1. The van der Waals surface area contributed by atoms with Gasteiger partial charge in [0.15, 0.2) is 0 Å². The largest absolute Gasteiger partial charge is 0.492 e. The summed E-state index contributed by atoms with van der Waals surface area (Å²) in [6, 6.07) is 3.70. The van der Waals surface area contributed by atoms with Crippen molar-refractivity contribution in [1.29, 1.82) is 0 Å². The Hall–Kier alpha value is -1.65. The van der Waals surface area contributed by atoms with E-state index >= 15 is 0 Å². The molecule has 0 aliphatic rings. The molecule has 10 heteroatoms. The van der Waals surface area contributed by atoms with E-state index < -0.39 is 27.3 Å². The molecule has 1 unspecified atom stereocenters. The molecule has 1 aromatic carbocycles. The average molecular weight is 505 g/mol. The molecule has 0 bridgehead atoms. The number of ether oxygens (including phenoxy) is 1. The Morgan fingerprint density at radius 1 is 1.06 bits per heavy atom. The van der Waals surface area contributed by atoms with Gasteiger partial charge in [-0.25, -0.2) is 26.9 Å². The Labute approximate surface area is 201 Å². The predicted molar refractivity (Wildman–Crippen MR) is 132 cm³/mol. The fraction of sp³-hybridized carbons (Fsp3) is 0.696. The quantitative estimate of drug-likeness (QED) is 0.249. The summed E-state index contributed by atoms with van der Waals surface area (Å²) >= 11 is -2.69. The normalized spacial score (nSPS) is 13.4. The maximum Gasteiger partial charge on any atom is 0.342 e. The Morgan fingerprint density at radius 2 is 1.67 bits per heavy atom. The first-order valence-electron chi connectivity index (χ1n) is 11.4. The van der Waals surface area contributed by atoms with Gasteiger partial charge in [-0.05, 0) is 41.4 Å². The van der Waals surface area contributed by atoms with Gasteiger partial charge in [0, 0.05) is 0 Å². The van der Waals surface area contributed by atoms with E-state index in [1.807, 2.05) is 19.9 Å². The molecule has 0 heterocycles. The van der Waals surface area contributed by atoms with Gasteiger partial charge in [0.05, 0.1) is 6.61 Å². The van der Waals surface area contributed by atoms with Crippen molar-refractivity contribution in [3.05, 3.63) is 23.8 Å². The van der Waals surface area contributed by atoms with Crippen LogP contribution in [0, 0.1) is 5.41 Å². The zero-order valence-electron chi connectivity index (χ0n) is 20.7. The lowest BCUT2D eigenvalue weighted by Gasteiger charge is -2.33. The van der Waals surface area contributed by atoms with Crippen LogP contribution in [0.25, 0.3) is 0 Å². The van der Waals surface area contributed by atoms with Gasteiger partial charge in [-0.3, -0.25) is 4.55 Å². The summed E-state index contributed by atoms with van der Waals surface area (Å²) in [6.45, 7) is 12.9. The molecule has 0 fully saturated rings. The number of hydrogen-bond acceptors (Lipinski definition) is 5. The van der Waals surface area contributed by atoms with E-state index in [9.17, 15) is 17.4 Å². The summed E-state index contributed by atoms with van der Waals surface area (Å²) in [5.41, 5.74) is 0.462. The Kier molecular flexibility index (Phi) is 11.3. The molecule has 0 saturated carbocycles. The maximum atomic E-state index is 13.0. The highest BCUT2D eigenvalue weighted by molar-refractivity contribution is 7.90. The van der Waals surface area contributed by atoms with Crippen molar-refractivity contribution in [2.45, 2.75) is 96.8 Å². The topological polar surface area (TPSA) is 122 Å². The van der Waals surface area contributed by atoms with Gasteiger partial charge in [0.2, 0.25) is 0 Å². The third-order valence-electron chi connectivity index (χ3n) is 5.15. The lowest BCUT2D eigenvalue weighted by atomic mass is 9.72. The minimum absolute atomic E-state index is 0.0127. The summed E-state index contributed by atoms with van der Waals surface area (Å²) in [6.07, 6.45) is 7.21. The number of carbonyl (C=O) groups is 1. The molecular weight excluding hydrogens is 464 g/mol. The smallest absolute Gasteiger partial charge is 0.342 e. The van der Waals surface area contributed by atoms with Crippen LogP contribution in [0.2, 0.25) is 0 Å². The van der Waals surface area contributed by atoms with Crippen LogP contribution < -0.4 is 14.2 Å². The van der Waals surface area contributed by atoms with Gasteiger partial charge in [0.1, 0.15) is 10.6 Å². The molecule has 3 N–H and O–H groups in total. The van der Waals surface area contributed by atoms with Crippen molar-refractivity contribution in [2.24, 2.45) is 5.41 Å². The van der Waals surface area contributed by atoms with Crippen LogP contribution in [0.4, 0.5) is 4.79 Å². The fourth-order valence-corrected chi connectivity index (χ4v) is 5.38. The minimum atomic E-state index is -4.35. The van der Waals surface area contributed by atoms with Crippen LogP contribution in [0.5, 0.6) is 5.75 Å². The first kappa shape index (κ1) is 29.4. The molecule has 0 saturated heterocycles. The lowest BCUT2D eigenvalue weighted by Crippen LogP contribution is -2.40. The van der Waals surface area contributed by atoms with Crippen molar-refractivity contribution >= 4 is 27.3 Å². The maximum absolute atomic E-state index is 13.0. The molecule has 1 rings (SSSR count). The van der Waals surface area contributed by atoms with Crippen LogP contribution in [0.3, 0.4) is 0 Å². The molecule has 33 heavy (non-hydrogen) atoms. The molecular formula is C23H40N2O6S2. The van der Waals surface area contributed by atoms with Gasteiger partial charge in [-0.1, -0.05) is 79.7 Å². The number of unbranched alkanes of at least 4 members (excludes halogenated alkanes) is 5. The third kappa shape index (κ3) is 10.9. The minimum Gasteiger partial charge on any atom is -0.492 e. The highest BCUT2D eigenvalue weighted by atomic mass is 32.2. The molecule has 1 atom stereocenters. The van der Waals surface area contributed by atoms with Crippen molar-refractivity contribution in [1.82, 2.24) is 9.44 Å². The summed E-state index contributed by atoms with van der Waals surface area (Å²) < 4.78 is 54.8. The number of carbonyl (C=O) groups excluding carboxylic acids is 1. The summed E-state index contributed by atoms with van der Waals surface area (Å²) in [5, 5.41) is 0. The molecule has 190 valence electrons. The van der Waals surface area contributed by atoms with Crippen LogP contribution in [0.1, 0.15) is 92.1 Å². The molecule has 1 aromatic rings. The summed E-state index contributed by atoms with van der Waals surface area (Å²) in [4.78, 5) is 11.6. The second-order valence-electron chi connectivity index (χ2n) is 10.2. The van der Waals surface area contributed by atoms with Gasteiger partial charge < -0.3 is 4.74 Å². The second kappa shape index (κ2) is 12.7. The Morgan fingerprint density at radius 3 is 2.24 bits per heavy atom. The summed E-state index contributed by atoms with van der Waals surface area (Å²) in [5.74, 6) is 0.143. The van der Waals surface area contributed by atoms with Gasteiger partial charge in [-0.2, -0.15) is 0 Å². The van der Waals surface area contributed by atoms with E-state index in [1.165, 1.54) is 25.3 Å². The summed E-state index contributed by atoms with van der Waals surface area (Å²) in [7, 11) is -4.35. The number of amides is 2. The molecule has 0 aromatic heterocycles. The van der Waals surface area contributed by atoms with Crippen molar-refractivity contribution in [2.75, 3.05) is 6.61 Å². The molecule has 2 amide bonds. The molecule has 0 spiro atoms. The van der Waals surface area contributed by atoms with E-state index in [2.05, 4.69) is 27.7 Å². The number of nitrogens with one attached hydrogen (secondary N) is 2. The van der Waals surface area contributed by atoms with E-state index in [0.717, 1.165) is 31.2 Å². The average Bonchev–Trinajstić information content (AvgIpc) is 2.64. The zero-order chi connectivity index (χ0) is 25.3. The standard InChI is InChI=1S/C23H40N2O6S2/c1-7-8-9-10-11-12-15-31-19-14-13-18(23(5,6)17-22(2,3)4)16-20(19)33(29,30)25-21(26)24-32(27)28/h13-14,16H,7-12,15,17H2,1-6H3,(H,27,28)(H2,24,25,26). The highest BCUT2D eigenvalue weighted by Gasteiger charge is 2.30. The third-order valence-corrected chi connectivity index (χ3v) is 6.86. The van der Waals surface area contributed by atoms with Crippen LogP contribution >= 0.6 is 0 Å². The number of hydrogen-bond donors (Lipinski definition) is 3. The van der Waals surface area contributed by atoms with Gasteiger partial charge in [-0.15, -0.1) is 0 Å². The SMILES string of the molecule is CCCCCCCCOc1ccc(C(C)(C)CC(C)(C)C)cc1S(=O)(=O)NC(=O)NS(=O)O. The van der Waals surface area contributed by atoms with Crippen molar-refractivity contribution < 1.29 is 26.7 Å². The van der Waals surface area contributed by atoms with Crippen LogP contribution in [0.15, 0.2) is 23.1 Å². The van der Waals surface area contributed by atoms with E-state index in [1.54, 1.807) is 15.5 Å². The van der Waals surface area contributed by atoms with E-state index in [4.69, 9.17) is 9.29 Å². The first-order valence-corrected chi connectivity index (χ1v) is 14.0.